The Balaban J connectivity index is 4.04. The van der Waals surface area contributed by atoms with Crippen molar-refractivity contribution in [1.29, 1.82) is 0 Å². The molecule has 0 aliphatic heterocycles. The van der Waals surface area contributed by atoms with E-state index in [9.17, 15) is 4.57 Å². The SMILES string of the molecule is CC(C)C(N)/C=C/P(=O)(O)O. The Morgan fingerprint density at radius 1 is 1.45 bits per heavy atom. The summed E-state index contributed by atoms with van der Waals surface area (Å²) in [5.41, 5.74) is 5.49. The fraction of sp³-hybridized carbons (Fsp3) is 0.667. The third-order valence-corrected chi connectivity index (χ3v) is 1.83. The van der Waals surface area contributed by atoms with Crippen molar-refractivity contribution in [2.24, 2.45) is 11.7 Å². The van der Waals surface area contributed by atoms with Gasteiger partial charge >= 0.3 is 7.60 Å². The molecule has 4 nitrogen and oxygen atoms in total. The van der Waals surface area contributed by atoms with Gasteiger partial charge in [-0.1, -0.05) is 19.9 Å². The van der Waals surface area contributed by atoms with Gasteiger partial charge in [0.15, 0.2) is 0 Å². The first-order chi connectivity index (χ1) is 4.83. The van der Waals surface area contributed by atoms with Gasteiger partial charge in [0, 0.05) is 11.9 Å². The summed E-state index contributed by atoms with van der Waals surface area (Å²) in [7, 11) is -4.02. The Morgan fingerprint density at radius 2 is 1.91 bits per heavy atom. The second-order valence-corrected chi connectivity index (χ2v) is 4.23. The normalized spacial score (nSPS) is 16.2. The Kier molecular flexibility index (Phi) is 3.97. The predicted molar refractivity (Wildman–Crippen MR) is 44.0 cm³/mol. The molecule has 0 bridgehead atoms. The van der Waals surface area contributed by atoms with Crippen LogP contribution in [0.25, 0.3) is 0 Å². The molecule has 0 aromatic carbocycles. The monoisotopic (exact) mass is 179 g/mol. The standard InChI is InChI=1S/C6H14NO3P/c1-5(2)6(7)3-4-11(8,9)10/h3-6H,7H2,1-2H3,(H2,8,9,10)/b4-3+. The summed E-state index contributed by atoms with van der Waals surface area (Å²) in [4.78, 5) is 16.8. The molecule has 11 heavy (non-hydrogen) atoms. The van der Waals surface area contributed by atoms with E-state index in [0.29, 0.717) is 0 Å². The van der Waals surface area contributed by atoms with Crippen molar-refractivity contribution in [3.8, 4) is 0 Å². The van der Waals surface area contributed by atoms with Gasteiger partial charge in [-0.2, -0.15) is 0 Å². The number of rotatable bonds is 3. The zero-order valence-corrected chi connectivity index (χ0v) is 7.53. The molecule has 5 heteroatoms. The van der Waals surface area contributed by atoms with Crippen LogP contribution in [-0.2, 0) is 4.57 Å². The summed E-state index contributed by atoms with van der Waals surface area (Å²) in [6.45, 7) is 3.77. The van der Waals surface area contributed by atoms with Gasteiger partial charge < -0.3 is 15.5 Å². The lowest BCUT2D eigenvalue weighted by atomic mass is 10.1. The van der Waals surface area contributed by atoms with Crippen molar-refractivity contribution in [1.82, 2.24) is 0 Å². The minimum atomic E-state index is -4.02. The van der Waals surface area contributed by atoms with Gasteiger partial charge in [-0.3, -0.25) is 4.57 Å². The zero-order chi connectivity index (χ0) is 9.07. The highest BCUT2D eigenvalue weighted by atomic mass is 31.2. The van der Waals surface area contributed by atoms with E-state index in [0.717, 1.165) is 5.82 Å². The van der Waals surface area contributed by atoms with Crippen molar-refractivity contribution in [2.75, 3.05) is 0 Å². The van der Waals surface area contributed by atoms with Crippen LogP contribution in [0, 0.1) is 5.92 Å². The minimum absolute atomic E-state index is 0.192. The summed E-state index contributed by atoms with van der Waals surface area (Å²) in [5, 5.41) is 0. The lowest BCUT2D eigenvalue weighted by Crippen LogP contribution is -2.23. The van der Waals surface area contributed by atoms with E-state index < -0.39 is 7.60 Å². The number of hydrogen-bond acceptors (Lipinski definition) is 2. The molecule has 1 unspecified atom stereocenters. The van der Waals surface area contributed by atoms with Crippen molar-refractivity contribution < 1.29 is 14.4 Å². The van der Waals surface area contributed by atoms with Gasteiger partial charge in [0.1, 0.15) is 0 Å². The molecule has 0 heterocycles. The van der Waals surface area contributed by atoms with Crippen LogP contribution >= 0.6 is 7.60 Å². The van der Waals surface area contributed by atoms with Gasteiger partial charge in [0.05, 0.1) is 0 Å². The van der Waals surface area contributed by atoms with Crippen molar-refractivity contribution >= 4 is 7.60 Å². The van der Waals surface area contributed by atoms with Gasteiger partial charge in [0.25, 0.3) is 0 Å². The molecule has 0 aromatic heterocycles. The summed E-state index contributed by atoms with van der Waals surface area (Å²) < 4.78 is 10.3. The average Bonchev–Trinajstić information content (AvgIpc) is 1.80. The third kappa shape index (κ3) is 6.26. The molecule has 0 spiro atoms. The highest BCUT2D eigenvalue weighted by molar-refractivity contribution is 7.55. The maximum absolute atomic E-state index is 10.3. The van der Waals surface area contributed by atoms with E-state index in [1.165, 1.54) is 6.08 Å². The lowest BCUT2D eigenvalue weighted by molar-refractivity contribution is 0.385. The van der Waals surface area contributed by atoms with Crippen LogP contribution in [0.3, 0.4) is 0 Å². The first-order valence-corrected chi connectivity index (χ1v) is 5.01. The van der Waals surface area contributed by atoms with E-state index in [1.54, 1.807) is 0 Å². The smallest absolute Gasteiger partial charge is 0.324 e. The molecule has 0 aromatic rings. The Bertz CT molecular complexity index is 184. The largest absolute Gasteiger partial charge is 0.348 e. The van der Waals surface area contributed by atoms with Gasteiger partial charge in [-0.15, -0.1) is 0 Å². The maximum atomic E-state index is 10.3. The second-order valence-electron chi connectivity index (χ2n) is 2.75. The molecule has 0 fully saturated rings. The van der Waals surface area contributed by atoms with Crippen molar-refractivity contribution in [3.05, 3.63) is 11.9 Å². The van der Waals surface area contributed by atoms with Gasteiger partial charge in [0.2, 0.25) is 0 Å². The average molecular weight is 179 g/mol. The van der Waals surface area contributed by atoms with E-state index in [4.69, 9.17) is 15.5 Å². The number of hydrogen-bond donors (Lipinski definition) is 3. The van der Waals surface area contributed by atoms with E-state index in [-0.39, 0.29) is 12.0 Å². The minimum Gasteiger partial charge on any atom is -0.324 e. The highest BCUT2D eigenvalue weighted by Crippen LogP contribution is 2.36. The molecule has 0 amide bonds. The molecule has 4 N–H and O–H groups in total. The van der Waals surface area contributed by atoms with Crippen molar-refractivity contribution in [3.63, 3.8) is 0 Å². The van der Waals surface area contributed by atoms with E-state index in [2.05, 4.69) is 0 Å². The van der Waals surface area contributed by atoms with Crippen LogP contribution in [0.4, 0.5) is 0 Å². The molecule has 0 aliphatic rings. The van der Waals surface area contributed by atoms with Crippen LogP contribution < -0.4 is 5.73 Å². The van der Waals surface area contributed by atoms with E-state index >= 15 is 0 Å². The van der Waals surface area contributed by atoms with Gasteiger partial charge in [-0.05, 0) is 5.92 Å². The van der Waals surface area contributed by atoms with Crippen LogP contribution in [0.2, 0.25) is 0 Å². The molecular formula is C6H14NO3P. The first-order valence-electron chi connectivity index (χ1n) is 3.33. The molecule has 0 rings (SSSR count). The van der Waals surface area contributed by atoms with Gasteiger partial charge in [-0.25, -0.2) is 0 Å². The van der Waals surface area contributed by atoms with E-state index in [1.807, 2.05) is 13.8 Å². The van der Waals surface area contributed by atoms with Crippen LogP contribution in [0.5, 0.6) is 0 Å². The Morgan fingerprint density at radius 3 is 2.18 bits per heavy atom. The molecule has 1 atom stereocenters. The summed E-state index contributed by atoms with van der Waals surface area (Å²) in [6.07, 6.45) is 1.34. The van der Waals surface area contributed by atoms with Crippen LogP contribution in [-0.4, -0.2) is 15.8 Å². The summed E-state index contributed by atoms with van der Waals surface area (Å²) in [5.74, 6) is 1.04. The number of nitrogens with two attached hydrogens (primary N) is 1. The Labute approximate surface area is 66.3 Å². The fourth-order valence-corrected chi connectivity index (χ4v) is 0.857. The lowest BCUT2D eigenvalue weighted by Gasteiger charge is -2.09. The molecule has 0 saturated heterocycles. The fourth-order valence-electron chi connectivity index (χ4n) is 0.434. The van der Waals surface area contributed by atoms with Crippen LogP contribution in [0.1, 0.15) is 13.8 Å². The third-order valence-electron chi connectivity index (χ3n) is 1.27. The maximum Gasteiger partial charge on any atom is 0.348 e. The first kappa shape index (κ1) is 10.8. The summed E-state index contributed by atoms with van der Waals surface area (Å²) >= 11 is 0. The molecule has 0 saturated carbocycles. The second kappa shape index (κ2) is 4.02. The van der Waals surface area contributed by atoms with Crippen LogP contribution in [0.15, 0.2) is 11.9 Å². The Hall–Kier alpha value is -0.150. The quantitative estimate of drug-likeness (QED) is 0.556. The summed E-state index contributed by atoms with van der Waals surface area (Å²) in [6, 6.07) is -0.289. The predicted octanol–water partition coefficient (Wildman–Crippen LogP) is 0.661. The molecular weight excluding hydrogens is 165 g/mol. The topological polar surface area (TPSA) is 83.6 Å². The highest BCUT2D eigenvalue weighted by Gasteiger charge is 2.08. The molecule has 0 radical (unpaired) electrons. The van der Waals surface area contributed by atoms with Crippen molar-refractivity contribution in [2.45, 2.75) is 19.9 Å². The zero-order valence-electron chi connectivity index (χ0n) is 6.64. The molecule has 66 valence electrons. The molecule has 0 aliphatic carbocycles.